The normalized spacial score (nSPS) is 12.5. The first kappa shape index (κ1) is 20.5. The van der Waals surface area contributed by atoms with E-state index in [1.54, 1.807) is 24.3 Å². The van der Waals surface area contributed by atoms with E-state index < -0.39 is 0 Å². The summed E-state index contributed by atoms with van der Waals surface area (Å²) in [6.07, 6.45) is 10.2. The van der Waals surface area contributed by atoms with Gasteiger partial charge in [0, 0.05) is 6.42 Å². The van der Waals surface area contributed by atoms with E-state index in [-0.39, 0.29) is 17.5 Å². The second-order valence-electron chi connectivity index (χ2n) is 7.03. The molecule has 0 radical (unpaired) electrons. The fraction of sp³-hybridized carbons (Fsp3) is 0.240. The van der Waals surface area contributed by atoms with Crippen molar-refractivity contribution in [2.75, 3.05) is 7.11 Å². The maximum Gasteiger partial charge on any atom is 0.305 e. The van der Waals surface area contributed by atoms with Crippen molar-refractivity contribution in [2.24, 2.45) is 0 Å². The standard InChI is InChI=1S/C25H26O4/c1-29-24(28)9-5-4-8-23(18-6-2-3-7-18)25(19-10-14-21(26)15-11-19)20-12-16-22(27)17-13-20/h2,6-7,10-17,26-27H,3-5,8-9H2,1H3. The maximum atomic E-state index is 11.4. The summed E-state index contributed by atoms with van der Waals surface area (Å²) in [7, 11) is 1.41. The van der Waals surface area contributed by atoms with Gasteiger partial charge in [-0.15, -0.1) is 0 Å². The van der Waals surface area contributed by atoms with Crippen LogP contribution < -0.4 is 0 Å². The molecule has 3 rings (SSSR count). The number of ether oxygens (including phenoxy) is 1. The average molecular weight is 390 g/mol. The number of esters is 1. The third kappa shape index (κ3) is 5.38. The largest absolute Gasteiger partial charge is 0.508 e. The SMILES string of the molecule is COC(=O)CCCCC(C1=CCC=C1)=C(c1ccc(O)cc1)c1ccc(O)cc1. The van der Waals surface area contributed by atoms with Crippen LogP contribution in [0.1, 0.15) is 43.2 Å². The number of hydrogen-bond acceptors (Lipinski definition) is 4. The minimum Gasteiger partial charge on any atom is -0.508 e. The molecule has 0 unspecified atom stereocenters. The number of benzene rings is 2. The van der Waals surface area contributed by atoms with Gasteiger partial charge in [0.1, 0.15) is 11.5 Å². The Hall–Kier alpha value is -3.27. The van der Waals surface area contributed by atoms with Crippen LogP contribution in [0, 0.1) is 0 Å². The molecule has 4 heteroatoms. The lowest BCUT2D eigenvalue weighted by Crippen LogP contribution is -2.01. The molecule has 4 nitrogen and oxygen atoms in total. The van der Waals surface area contributed by atoms with Gasteiger partial charge in [-0.1, -0.05) is 42.5 Å². The molecule has 0 aromatic heterocycles. The Labute approximate surface area is 171 Å². The molecule has 29 heavy (non-hydrogen) atoms. The molecule has 2 N–H and O–H groups in total. The van der Waals surface area contributed by atoms with Gasteiger partial charge in [-0.25, -0.2) is 0 Å². The number of carbonyl (C=O) groups excluding carboxylic acids is 1. The summed E-state index contributed by atoms with van der Waals surface area (Å²) in [5, 5.41) is 19.5. The van der Waals surface area contributed by atoms with Crippen molar-refractivity contribution >= 4 is 11.5 Å². The molecule has 0 atom stereocenters. The third-order valence-corrected chi connectivity index (χ3v) is 5.02. The quantitative estimate of drug-likeness (QED) is 0.460. The summed E-state index contributed by atoms with van der Waals surface area (Å²) >= 11 is 0. The minimum atomic E-state index is -0.187. The fourth-order valence-corrected chi connectivity index (χ4v) is 3.54. The molecule has 2 aromatic rings. The van der Waals surface area contributed by atoms with E-state index >= 15 is 0 Å². The highest BCUT2D eigenvalue weighted by atomic mass is 16.5. The monoisotopic (exact) mass is 390 g/mol. The summed E-state index contributed by atoms with van der Waals surface area (Å²) in [5.41, 5.74) is 5.44. The lowest BCUT2D eigenvalue weighted by molar-refractivity contribution is -0.140. The van der Waals surface area contributed by atoms with Gasteiger partial charge in [0.05, 0.1) is 7.11 Å². The molecule has 0 aliphatic heterocycles. The first-order valence-electron chi connectivity index (χ1n) is 9.84. The van der Waals surface area contributed by atoms with Gasteiger partial charge < -0.3 is 14.9 Å². The predicted molar refractivity (Wildman–Crippen MR) is 115 cm³/mol. The van der Waals surface area contributed by atoms with Crippen molar-refractivity contribution in [1.29, 1.82) is 0 Å². The van der Waals surface area contributed by atoms with Crippen molar-refractivity contribution in [3.05, 3.63) is 89.0 Å². The van der Waals surface area contributed by atoms with E-state index in [1.165, 1.54) is 18.3 Å². The van der Waals surface area contributed by atoms with Crippen molar-refractivity contribution in [3.63, 3.8) is 0 Å². The van der Waals surface area contributed by atoms with Crippen LogP contribution >= 0.6 is 0 Å². The molecule has 0 fully saturated rings. The Morgan fingerprint density at radius 3 is 1.93 bits per heavy atom. The molecule has 0 spiro atoms. The second-order valence-corrected chi connectivity index (χ2v) is 7.03. The molecule has 0 heterocycles. The molecule has 1 aliphatic carbocycles. The summed E-state index contributed by atoms with van der Waals surface area (Å²) < 4.78 is 4.74. The number of hydrogen-bond donors (Lipinski definition) is 2. The van der Waals surface area contributed by atoms with Gasteiger partial charge in [0.25, 0.3) is 0 Å². The van der Waals surface area contributed by atoms with E-state index in [0.29, 0.717) is 6.42 Å². The summed E-state index contributed by atoms with van der Waals surface area (Å²) in [6, 6.07) is 14.4. The molecule has 0 saturated heterocycles. The van der Waals surface area contributed by atoms with Gasteiger partial charge in [0.15, 0.2) is 0 Å². The summed E-state index contributed by atoms with van der Waals surface area (Å²) in [4.78, 5) is 11.4. The summed E-state index contributed by atoms with van der Waals surface area (Å²) in [6.45, 7) is 0. The lowest BCUT2D eigenvalue weighted by Gasteiger charge is -2.18. The Morgan fingerprint density at radius 1 is 0.897 bits per heavy atom. The number of phenolic OH excluding ortho intramolecular Hbond substituents is 2. The van der Waals surface area contributed by atoms with Crippen LogP contribution in [0.4, 0.5) is 0 Å². The fourth-order valence-electron chi connectivity index (χ4n) is 3.54. The van der Waals surface area contributed by atoms with Gasteiger partial charge in [-0.3, -0.25) is 4.79 Å². The minimum absolute atomic E-state index is 0.187. The molecule has 0 saturated carbocycles. The van der Waals surface area contributed by atoms with Crippen LogP contribution in [0.3, 0.4) is 0 Å². The van der Waals surface area contributed by atoms with Crippen LogP contribution in [0.15, 0.2) is 77.9 Å². The van der Waals surface area contributed by atoms with Crippen LogP contribution in [0.25, 0.3) is 5.57 Å². The van der Waals surface area contributed by atoms with E-state index in [1.807, 2.05) is 24.3 Å². The van der Waals surface area contributed by atoms with Gasteiger partial charge in [-0.2, -0.15) is 0 Å². The third-order valence-electron chi connectivity index (χ3n) is 5.02. The number of carbonyl (C=O) groups is 1. The number of unbranched alkanes of at least 4 members (excludes halogenated alkanes) is 1. The number of allylic oxidation sites excluding steroid dienone is 5. The first-order valence-corrected chi connectivity index (χ1v) is 9.84. The van der Waals surface area contributed by atoms with Crippen molar-refractivity contribution in [1.82, 2.24) is 0 Å². The predicted octanol–water partition coefficient (Wildman–Crippen LogP) is 5.52. The Morgan fingerprint density at radius 2 is 1.45 bits per heavy atom. The van der Waals surface area contributed by atoms with Gasteiger partial charge in [0.2, 0.25) is 0 Å². The summed E-state index contributed by atoms with van der Waals surface area (Å²) in [5.74, 6) is 0.254. The molecule has 2 aromatic carbocycles. The van der Waals surface area contributed by atoms with Crippen molar-refractivity contribution in [3.8, 4) is 11.5 Å². The number of aromatic hydroxyl groups is 2. The van der Waals surface area contributed by atoms with Gasteiger partial charge in [-0.05, 0) is 77.8 Å². The molecule has 150 valence electrons. The Bertz CT molecular complexity index is 884. The van der Waals surface area contributed by atoms with Crippen LogP contribution in [-0.2, 0) is 9.53 Å². The van der Waals surface area contributed by atoms with Crippen molar-refractivity contribution in [2.45, 2.75) is 32.1 Å². The highest BCUT2D eigenvalue weighted by Gasteiger charge is 2.16. The van der Waals surface area contributed by atoms with Crippen LogP contribution in [0.5, 0.6) is 11.5 Å². The van der Waals surface area contributed by atoms with E-state index in [4.69, 9.17) is 4.74 Å². The highest BCUT2D eigenvalue weighted by molar-refractivity contribution is 5.85. The Kier molecular flexibility index (Phi) is 6.90. The second kappa shape index (κ2) is 9.78. The lowest BCUT2D eigenvalue weighted by atomic mass is 9.87. The van der Waals surface area contributed by atoms with Crippen LogP contribution in [0.2, 0.25) is 0 Å². The van der Waals surface area contributed by atoms with E-state index in [0.717, 1.165) is 42.4 Å². The maximum absolute atomic E-state index is 11.4. The number of rotatable bonds is 8. The molecule has 1 aliphatic rings. The average Bonchev–Trinajstić information content (AvgIpc) is 3.26. The van der Waals surface area contributed by atoms with E-state index in [2.05, 4.69) is 18.2 Å². The van der Waals surface area contributed by atoms with Crippen LogP contribution in [-0.4, -0.2) is 23.3 Å². The van der Waals surface area contributed by atoms with Gasteiger partial charge >= 0.3 is 5.97 Å². The molecule has 0 amide bonds. The zero-order valence-corrected chi connectivity index (χ0v) is 16.6. The molecular formula is C25H26O4. The molecular weight excluding hydrogens is 364 g/mol. The Balaban J connectivity index is 2.03. The van der Waals surface area contributed by atoms with Crippen molar-refractivity contribution < 1.29 is 19.7 Å². The van der Waals surface area contributed by atoms with E-state index in [9.17, 15) is 15.0 Å². The topological polar surface area (TPSA) is 66.8 Å². The number of methoxy groups -OCH3 is 1. The zero-order valence-electron chi connectivity index (χ0n) is 16.6. The first-order chi connectivity index (χ1) is 14.1. The zero-order chi connectivity index (χ0) is 20.6. The molecule has 0 bridgehead atoms. The highest BCUT2D eigenvalue weighted by Crippen LogP contribution is 2.36. The smallest absolute Gasteiger partial charge is 0.305 e. The number of phenols is 2.